The van der Waals surface area contributed by atoms with Gasteiger partial charge in [0.05, 0.1) is 26.0 Å². The Morgan fingerprint density at radius 3 is 2.52 bits per heavy atom. The van der Waals surface area contributed by atoms with Gasteiger partial charge in [-0.3, -0.25) is 14.6 Å². The number of nitrogens with one attached hydrogen (secondary N) is 2. The molecule has 0 saturated carbocycles. The first-order chi connectivity index (χ1) is 12.7. The van der Waals surface area contributed by atoms with E-state index in [1.165, 1.54) is 18.4 Å². The number of ether oxygens (including phenoxy) is 1. The van der Waals surface area contributed by atoms with Crippen LogP contribution >= 0.6 is 24.0 Å². The van der Waals surface area contributed by atoms with Gasteiger partial charge in [0.1, 0.15) is 0 Å². The molecule has 0 bridgehead atoms. The molecule has 1 aromatic heterocycles. The van der Waals surface area contributed by atoms with E-state index < -0.39 is 0 Å². The van der Waals surface area contributed by atoms with Crippen LogP contribution in [0.4, 0.5) is 0 Å². The molecule has 2 heterocycles. The average Bonchev–Trinajstić information content (AvgIpc) is 3.09. The lowest BCUT2D eigenvalue weighted by atomic mass is 9.92. The number of aromatic nitrogens is 2. The molecule has 1 unspecified atom stereocenters. The molecule has 7 nitrogen and oxygen atoms in total. The van der Waals surface area contributed by atoms with Crippen molar-refractivity contribution in [3.05, 3.63) is 18.0 Å². The first kappa shape index (κ1) is 24.2. The Labute approximate surface area is 181 Å². The average molecular weight is 492 g/mol. The van der Waals surface area contributed by atoms with E-state index in [1.54, 1.807) is 0 Å². The number of halogens is 1. The van der Waals surface area contributed by atoms with Crippen LogP contribution in [0.15, 0.2) is 17.4 Å². The molecule has 156 valence electrons. The minimum Gasteiger partial charge on any atom is -0.379 e. The first-order valence-corrected chi connectivity index (χ1v) is 9.93. The second-order valence-electron chi connectivity index (χ2n) is 6.95. The van der Waals surface area contributed by atoms with Gasteiger partial charge in [0.2, 0.25) is 0 Å². The molecule has 0 aliphatic carbocycles. The van der Waals surface area contributed by atoms with Crippen molar-refractivity contribution in [2.75, 3.05) is 46.4 Å². The molecule has 2 rings (SSSR count). The van der Waals surface area contributed by atoms with E-state index in [1.807, 2.05) is 17.9 Å². The summed E-state index contributed by atoms with van der Waals surface area (Å²) in [5, 5.41) is 11.2. The van der Waals surface area contributed by atoms with Gasteiger partial charge in [0, 0.05) is 45.5 Å². The zero-order valence-corrected chi connectivity index (χ0v) is 19.6. The van der Waals surface area contributed by atoms with Crippen molar-refractivity contribution in [2.45, 2.75) is 46.2 Å². The van der Waals surface area contributed by atoms with Gasteiger partial charge in [-0.15, -0.1) is 24.0 Å². The van der Waals surface area contributed by atoms with Gasteiger partial charge in [0.25, 0.3) is 0 Å². The van der Waals surface area contributed by atoms with Crippen LogP contribution in [0.2, 0.25) is 0 Å². The van der Waals surface area contributed by atoms with E-state index in [9.17, 15) is 0 Å². The van der Waals surface area contributed by atoms with Gasteiger partial charge in [0.15, 0.2) is 5.96 Å². The molecule has 1 aromatic rings. The SMILES string of the molecule is CCC(CC)C(CNC(=NC)NCCn1cc(C)cn1)N1CCOCC1.I. The minimum absolute atomic E-state index is 0. The lowest BCUT2D eigenvalue weighted by Gasteiger charge is -2.39. The Balaban J connectivity index is 0.00000364. The molecule has 27 heavy (non-hydrogen) atoms. The fourth-order valence-electron chi connectivity index (χ4n) is 3.64. The molecule has 2 N–H and O–H groups in total. The number of guanidine groups is 1. The van der Waals surface area contributed by atoms with Crippen LogP contribution in [0, 0.1) is 12.8 Å². The molecule has 0 amide bonds. The number of hydrogen-bond acceptors (Lipinski definition) is 4. The summed E-state index contributed by atoms with van der Waals surface area (Å²) < 4.78 is 7.49. The van der Waals surface area contributed by atoms with Gasteiger partial charge < -0.3 is 15.4 Å². The quantitative estimate of drug-likeness (QED) is 0.314. The minimum atomic E-state index is 0. The van der Waals surface area contributed by atoms with Crippen molar-refractivity contribution in [1.29, 1.82) is 0 Å². The molecular formula is C19H37IN6O. The van der Waals surface area contributed by atoms with Gasteiger partial charge in [-0.1, -0.05) is 26.7 Å². The summed E-state index contributed by atoms with van der Waals surface area (Å²) in [6.45, 7) is 12.9. The van der Waals surface area contributed by atoms with Gasteiger partial charge in [-0.25, -0.2) is 0 Å². The highest BCUT2D eigenvalue weighted by Crippen LogP contribution is 2.19. The fraction of sp³-hybridized carbons (Fsp3) is 0.789. The molecule has 1 atom stereocenters. The number of aliphatic imine (C=N–C) groups is 1. The van der Waals surface area contributed by atoms with Gasteiger partial charge in [-0.05, 0) is 18.4 Å². The van der Waals surface area contributed by atoms with Crippen LogP contribution in [0.3, 0.4) is 0 Å². The van der Waals surface area contributed by atoms with E-state index in [2.05, 4.69) is 52.6 Å². The molecule has 1 fully saturated rings. The van der Waals surface area contributed by atoms with E-state index >= 15 is 0 Å². The standard InChI is InChI=1S/C19H36N6O.HI/c1-5-17(6-2)18(24-9-11-26-12-10-24)14-22-19(20-4)21-7-8-25-15-16(3)13-23-25;/h13,15,17-18H,5-12,14H2,1-4H3,(H2,20,21,22);1H. The third kappa shape index (κ3) is 7.95. The molecule has 0 aromatic carbocycles. The smallest absolute Gasteiger partial charge is 0.191 e. The van der Waals surface area contributed by atoms with Crippen LogP contribution in [0.25, 0.3) is 0 Å². The molecule has 8 heteroatoms. The fourth-order valence-corrected chi connectivity index (χ4v) is 3.64. The second kappa shape index (κ2) is 13.3. The maximum absolute atomic E-state index is 5.53. The number of morpholine rings is 1. The number of aryl methyl sites for hydroxylation is 1. The van der Waals surface area contributed by atoms with Gasteiger partial charge in [-0.2, -0.15) is 5.10 Å². The Hall–Kier alpha value is -0.870. The lowest BCUT2D eigenvalue weighted by Crippen LogP contribution is -2.53. The summed E-state index contributed by atoms with van der Waals surface area (Å²) >= 11 is 0. The lowest BCUT2D eigenvalue weighted by molar-refractivity contribution is 0.00272. The maximum atomic E-state index is 5.53. The monoisotopic (exact) mass is 492 g/mol. The van der Waals surface area contributed by atoms with Crippen LogP contribution in [0.1, 0.15) is 32.3 Å². The maximum Gasteiger partial charge on any atom is 0.191 e. The molecular weight excluding hydrogens is 455 g/mol. The van der Waals surface area contributed by atoms with Crippen LogP contribution in [0.5, 0.6) is 0 Å². The topological polar surface area (TPSA) is 66.7 Å². The summed E-state index contributed by atoms with van der Waals surface area (Å²) in [5.74, 6) is 1.55. The van der Waals surface area contributed by atoms with Crippen molar-refractivity contribution >= 4 is 29.9 Å². The van der Waals surface area contributed by atoms with E-state index in [0.717, 1.165) is 51.9 Å². The summed E-state index contributed by atoms with van der Waals surface area (Å²) in [5.41, 5.74) is 1.19. The second-order valence-corrected chi connectivity index (χ2v) is 6.95. The highest BCUT2D eigenvalue weighted by Gasteiger charge is 2.26. The Morgan fingerprint density at radius 2 is 1.96 bits per heavy atom. The third-order valence-electron chi connectivity index (χ3n) is 5.21. The summed E-state index contributed by atoms with van der Waals surface area (Å²) in [7, 11) is 1.83. The number of rotatable bonds is 9. The Morgan fingerprint density at radius 1 is 1.26 bits per heavy atom. The summed E-state index contributed by atoms with van der Waals surface area (Å²) in [6, 6.07) is 0.515. The van der Waals surface area contributed by atoms with Crippen molar-refractivity contribution < 1.29 is 4.74 Å². The zero-order valence-electron chi connectivity index (χ0n) is 17.3. The molecule has 1 aliphatic heterocycles. The predicted molar refractivity (Wildman–Crippen MR) is 122 cm³/mol. The molecule has 0 radical (unpaired) electrons. The first-order valence-electron chi connectivity index (χ1n) is 9.93. The van der Waals surface area contributed by atoms with E-state index in [4.69, 9.17) is 4.74 Å². The van der Waals surface area contributed by atoms with Crippen molar-refractivity contribution in [2.24, 2.45) is 10.9 Å². The van der Waals surface area contributed by atoms with E-state index in [-0.39, 0.29) is 24.0 Å². The Kier molecular flexibility index (Phi) is 11.9. The van der Waals surface area contributed by atoms with Crippen LogP contribution in [-0.2, 0) is 11.3 Å². The zero-order chi connectivity index (χ0) is 18.8. The largest absolute Gasteiger partial charge is 0.379 e. The highest BCUT2D eigenvalue weighted by molar-refractivity contribution is 14.0. The Bertz CT molecular complexity index is 540. The number of nitrogens with zero attached hydrogens (tertiary/aromatic N) is 4. The van der Waals surface area contributed by atoms with Crippen molar-refractivity contribution in [3.63, 3.8) is 0 Å². The molecule has 1 saturated heterocycles. The van der Waals surface area contributed by atoms with Crippen LogP contribution < -0.4 is 10.6 Å². The van der Waals surface area contributed by atoms with Gasteiger partial charge >= 0.3 is 0 Å². The van der Waals surface area contributed by atoms with Crippen molar-refractivity contribution in [1.82, 2.24) is 25.3 Å². The normalized spacial score (nSPS) is 16.9. The molecule has 0 spiro atoms. The summed E-state index contributed by atoms with van der Waals surface area (Å²) in [4.78, 5) is 6.95. The number of hydrogen-bond donors (Lipinski definition) is 2. The summed E-state index contributed by atoms with van der Waals surface area (Å²) in [6.07, 6.45) is 6.34. The van der Waals surface area contributed by atoms with Crippen LogP contribution in [-0.4, -0.2) is 73.1 Å². The highest BCUT2D eigenvalue weighted by atomic mass is 127. The van der Waals surface area contributed by atoms with Crippen molar-refractivity contribution in [3.8, 4) is 0 Å². The predicted octanol–water partition coefficient (Wildman–Crippen LogP) is 2.11. The van der Waals surface area contributed by atoms with E-state index in [0.29, 0.717) is 12.0 Å². The molecule has 1 aliphatic rings. The third-order valence-corrected chi connectivity index (χ3v) is 5.21.